The van der Waals surface area contributed by atoms with Gasteiger partial charge >= 0.3 is 0 Å². The molecule has 4 nitrogen and oxygen atoms in total. The third-order valence-electron chi connectivity index (χ3n) is 1.91. The van der Waals surface area contributed by atoms with E-state index >= 15 is 0 Å². The lowest BCUT2D eigenvalue weighted by Crippen LogP contribution is -2.13. The van der Waals surface area contributed by atoms with Gasteiger partial charge in [0.25, 0.3) is 0 Å². The SMILES string of the molecule is N#Cc1cccc(OCCCSCC(N)=O)c1. The molecule has 0 aromatic heterocycles. The van der Waals surface area contributed by atoms with Gasteiger partial charge < -0.3 is 10.5 Å². The molecule has 0 aliphatic heterocycles. The fourth-order valence-electron chi connectivity index (χ4n) is 1.18. The molecule has 0 heterocycles. The maximum absolute atomic E-state index is 10.5. The van der Waals surface area contributed by atoms with Crippen molar-refractivity contribution in [3.05, 3.63) is 29.8 Å². The Labute approximate surface area is 105 Å². The summed E-state index contributed by atoms with van der Waals surface area (Å²) in [6, 6.07) is 9.10. The van der Waals surface area contributed by atoms with Gasteiger partial charge in [-0.05, 0) is 30.4 Å². The average molecular weight is 250 g/mol. The highest BCUT2D eigenvalue weighted by atomic mass is 32.2. The van der Waals surface area contributed by atoms with Crippen LogP contribution < -0.4 is 10.5 Å². The lowest BCUT2D eigenvalue weighted by Gasteiger charge is -2.05. The number of nitrogens with two attached hydrogens (primary N) is 1. The van der Waals surface area contributed by atoms with Gasteiger partial charge in [0.2, 0.25) is 5.91 Å². The quantitative estimate of drug-likeness (QED) is 0.745. The smallest absolute Gasteiger partial charge is 0.227 e. The number of carbonyl (C=O) groups is 1. The molecule has 0 spiro atoms. The van der Waals surface area contributed by atoms with Crippen LogP contribution in [0.3, 0.4) is 0 Å². The van der Waals surface area contributed by atoms with Gasteiger partial charge in [-0.2, -0.15) is 17.0 Å². The van der Waals surface area contributed by atoms with Crippen LogP contribution in [0, 0.1) is 11.3 Å². The summed E-state index contributed by atoms with van der Waals surface area (Å²) < 4.78 is 5.47. The molecule has 90 valence electrons. The molecule has 0 atom stereocenters. The van der Waals surface area contributed by atoms with Crippen LogP contribution in [0.25, 0.3) is 0 Å². The third kappa shape index (κ3) is 5.83. The molecule has 0 saturated heterocycles. The molecule has 1 rings (SSSR count). The van der Waals surface area contributed by atoms with Crippen molar-refractivity contribution in [2.24, 2.45) is 5.73 Å². The minimum absolute atomic E-state index is 0.294. The summed E-state index contributed by atoms with van der Waals surface area (Å²) in [5.74, 6) is 1.59. The second kappa shape index (κ2) is 7.58. The number of hydrogen-bond donors (Lipinski definition) is 1. The molecule has 0 unspecified atom stereocenters. The van der Waals surface area contributed by atoms with E-state index in [-0.39, 0.29) is 5.91 Å². The van der Waals surface area contributed by atoms with E-state index < -0.39 is 0 Å². The number of benzene rings is 1. The molecular formula is C12H14N2O2S. The van der Waals surface area contributed by atoms with Crippen molar-refractivity contribution < 1.29 is 9.53 Å². The molecule has 0 aliphatic rings. The van der Waals surface area contributed by atoms with Gasteiger partial charge in [0.15, 0.2) is 0 Å². The molecule has 0 radical (unpaired) electrons. The van der Waals surface area contributed by atoms with Gasteiger partial charge in [-0.1, -0.05) is 6.07 Å². The maximum atomic E-state index is 10.5. The number of hydrogen-bond acceptors (Lipinski definition) is 4. The summed E-state index contributed by atoms with van der Waals surface area (Å²) in [7, 11) is 0. The fourth-order valence-corrected chi connectivity index (χ4v) is 1.85. The zero-order valence-electron chi connectivity index (χ0n) is 9.39. The Morgan fingerprint density at radius 1 is 1.53 bits per heavy atom. The zero-order chi connectivity index (χ0) is 12.5. The minimum atomic E-state index is -0.294. The number of primary amides is 1. The number of nitrogens with zero attached hydrogens (tertiary/aromatic N) is 1. The Kier molecular flexibility index (Phi) is 5.97. The van der Waals surface area contributed by atoms with Crippen LogP contribution >= 0.6 is 11.8 Å². The first kappa shape index (κ1) is 13.4. The lowest BCUT2D eigenvalue weighted by atomic mass is 10.2. The summed E-state index contributed by atoms with van der Waals surface area (Å²) in [6.45, 7) is 0.570. The van der Waals surface area contributed by atoms with E-state index in [1.54, 1.807) is 18.2 Å². The number of amides is 1. The van der Waals surface area contributed by atoms with Crippen molar-refractivity contribution in [2.45, 2.75) is 6.42 Å². The standard InChI is InChI=1S/C12H14N2O2S/c13-8-10-3-1-4-11(7-10)16-5-2-6-17-9-12(14)15/h1,3-4,7H,2,5-6,9H2,(H2,14,15). The maximum Gasteiger partial charge on any atom is 0.227 e. The monoisotopic (exact) mass is 250 g/mol. The number of thioether (sulfide) groups is 1. The molecule has 17 heavy (non-hydrogen) atoms. The molecule has 0 saturated carbocycles. The van der Waals surface area contributed by atoms with Crippen molar-refractivity contribution in [3.8, 4) is 11.8 Å². The van der Waals surface area contributed by atoms with Gasteiger partial charge in [-0.3, -0.25) is 4.79 Å². The Hall–Kier alpha value is -1.67. The minimum Gasteiger partial charge on any atom is -0.494 e. The molecule has 1 amide bonds. The van der Waals surface area contributed by atoms with Crippen molar-refractivity contribution in [3.63, 3.8) is 0 Å². The second-order valence-electron chi connectivity index (χ2n) is 3.36. The molecule has 0 aliphatic carbocycles. The summed E-state index contributed by atoms with van der Waals surface area (Å²) in [5, 5.41) is 8.70. The first-order chi connectivity index (χ1) is 8.22. The highest BCUT2D eigenvalue weighted by molar-refractivity contribution is 7.99. The van der Waals surface area contributed by atoms with Gasteiger partial charge in [-0.15, -0.1) is 0 Å². The zero-order valence-corrected chi connectivity index (χ0v) is 10.2. The van der Waals surface area contributed by atoms with Gasteiger partial charge in [0.05, 0.1) is 24.0 Å². The van der Waals surface area contributed by atoms with Crippen LogP contribution in [0.4, 0.5) is 0 Å². The van der Waals surface area contributed by atoms with E-state index in [4.69, 9.17) is 15.7 Å². The first-order valence-electron chi connectivity index (χ1n) is 5.21. The first-order valence-corrected chi connectivity index (χ1v) is 6.37. The molecule has 5 heteroatoms. The summed E-state index contributed by atoms with van der Waals surface area (Å²) >= 11 is 1.50. The summed E-state index contributed by atoms with van der Waals surface area (Å²) in [6.07, 6.45) is 0.842. The molecule has 1 aromatic carbocycles. The number of ether oxygens (including phenoxy) is 1. The average Bonchev–Trinajstić information content (AvgIpc) is 2.33. The Bertz CT molecular complexity index is 415. The van der Waals surface area contributed by atoms with E-state index in [1.807, 2.05) is 6.07 Å². The van der Waals surface area contributed by atoms with Crippen molar-refractivity contribution in [1.82, 2.24) is 0 Å². The molecule has 2 N–H and O–H groups in total. The summed E-state index contributed by atoms with van der Waals surface area (Å²) in [5.41, 5.74) is 5.60. The number of carbonyl (C=O) groups excluding carboxylic acids is 1. The van der Waals surface area contributed by atoms with E-state index in [0.717, 1.165) is 12.2 Å². The Morgan fingerprint density at radius 3 is 3.06 bits per heavy atom. The Morgan fingerprint density at radius 2 is 2.35 bits per heavy atom. The highest BCUT2D eigenvalue weighted by Gasteiger charge is 1.97. The van der Waals surface area contributed by atoms with Crippen molar-refractivity contribution in [2.75, 3.05) is 18.1 Å². The van der Waals surface area contributed by atoms with Crippen LogP contribution in [-0.4, -0.2) is 24.0 Å². The normalized spacial score (nSPS) is 9.59. The number of nitriles is 1. The fraction of sp³-hybridized carbons (Fsp3) is 0.333. The topological polar surface area (TPSA) is 76.1 Å². The third-order valence-corrected chi connectivity index (χ3v) is 2.98. The van der Waals surface area contributed by atoms with Gasteiger partial charge in [0.1, 0.15) is 5.75 Å². The molecular weight excluding hydrogens is 236 g/mol. The molecule has 0 fully saturated rings. The van der Waals surface area contributed by atoms with Crippen LogP contribution in [0.15, 0.2) is 24.3 Å². The van der Waals surface area contributed by atoms with E-state index in [0.29, 0.717) is 23.7 Å². The van der Waals surface area contributed by atoms with E-state index in [1.165, 1.54) is 11.8 Å². The van der Waals surface area contributed by atoms with Gasteiger partial charge in [0, 0.05) is 0 Å². The van der Waals surface area contributed by atoms with Crippen LogP contribution in [0.2, 0.25) is 0 Å². The predicted octanol–water partition coefficient (Wildman–Crippen LogP) is 1.55. The van der Waals surface area contributed by atoms with E-state index in [9.17, 15) is 4.79 Å². The highest BCUT2D eigenvalue weighted by Crippen LogP contribution is 2.13. The predicted molar refractivity (Wildman–Crippen MR) is 67.8 cm³/mol. The largest absolute Gasteiger partial charge is 0.494 e. The van der Waals surface area contributed by atoms with Crippen LogP contribution in [0.1, 0.15) is 12.0 Å². The van der Waals surface area contributed by atoms with Crippen LogP contribution in [0.5, 0.6) is 5.75 Å². The summed E-state index contributed by atoms with van der Waals surface area (Å²) in [4.78, 5) is 10.5. The van der Waals surface area contributed by atoms with E-state index in [2.05, 4.69) is 6.07 Å². The number of rotatable bonds is 7. The second-order valence-corrected chi connectivity index (χ2v) is 4.47. The molecule has 1 aromatic rings. The van der Waals surface area contributed by atoms with Crippen molar-refractivity contribution in [1.29, 1.82) is 5.26 Å². The van der Waals surface area contributed by atoms with Gasteiger partial charge in [-0.25, -0.2) is 0 Å². The Balaban J connectivity index is 2.18. The van der Waals surface area contributed by atoms with Crippen LogP contribution in [-0.2, 0) is 4.79 Å². The van der Waals surface area contributed by atoms with Crippen molar-refractivity contribution >= 4 is 17.7 Å². The lowest BCUT2D eigenvalue weighted by molar-refractivity contribution is -0.115. The molecule has 0 bridgehead atoms.